The van der Waals surface area contributed by atoms with Crippen LogP contribution in [0.4, 0.5) is 10.5 Å². The molecule has 0 saturated carbocycles. The molecule has 12 heteroatoms. The zero-order chi connectivity index (χ0) is 32.2. The molecule has 2 fully saturated rings. The number of nitrogens with zero attached hydrogens (tertiary/aromatic N) is 4. The number of aliphatic hydroxyl groups is 1. The highest BCUT2D eigenvalue weighted by Crippen LogP contribution is 2.36. The number of ether oxygens (including phenoxy) is 2. The molecular weight excluding hydrogens is 576 g/mol. The van der Waals surface area contributed by atoms with E-state index in [1.165, 1.54) is 11.9 Å². The van der Waals surface area contributed by atoms with Crippen LogP contribution in [0.3, 0.4) is 0 Å². The summed E-state index contributed by atoms with van der Waals surface area (Å²) in [5.41, 5.74) is 4.98. The topological polar surface area (TPSA) is 157 Å². The van der Waals surface area contributed by atoms with Crippen molar-refractivity contribution in [3.8, 4) is 34.3 Å². The van der Waals surface area contributed by atoms with E-state index in [0.29, 0.717) is 65.7 Å². The standard InChI is InChI=1S/C33H36N6O6/c1-19-21(7-6-10-26(19)36-30(41)25-17-38(2)33(43)39(3)32(25)42)22-8-5-9-23(24(22)15-34)27-12-11-20(31(37-27)44-4)16-35-28-13-14-45-18-29(28)40/h5-12,25,28-29,35,40H,13-14,16-18H2,1-4H3,(H,36,41)/t25?,28-,29+/m1/s1. The first kappa shape index (κ1) is 31.6. The number of hydrogen-bond acceptors (Lipinski definition) is 9. The summed E-state index contributed by atoms with van der Waals surface area (Å²) in [5.74, 6) is -1.71. The molecule has 45 heavy (non-hydrogen) atoms. The van der Waals surface area contributed by atoms with Crippen LogP contribution in [-0.4, -0.2) is 90.8 Å². The summed E-state index contributed by atoms with van der Waals surface area (Å²) in [6.45, 7) is 3.14. The minimum Gasteiger partial charge on any atom is -0.481 e. The predicted octanol–water partition coefficient (Wildman–Crippen LogP) is 2.92. The third kappa shape index (κ3) is 6.37. The van der Waals surface area contributed by atoms with Crippen LogP contribution in [0.1, 0.15) is 23.1 Å². The van der Waals surface area contributed by atoms with Crippen LogP contribution in [0.5, 0.6) is 5.88 Å². The fourth-order valence-electron chi connectivity index (χ4n) is 5.74. The molecule has 2 aliphatic heterocycles. The van der Waals surface area contributed by atoms with E-state index in [1.807, 2.05) is 43.3 Å². The number of aliphatic hydroxyl groups excluding tert-OH is 1. The van der Waals surface area contributed by atoms with Gasteiger partial charge >= 0.3 is 6.03 Å². The number of benzene rings is 2. The van der Waals surface area contributed by atoms with Gasteiger partial charge in [-0.25, -0.2) is 9.78 Å². The first-order valence-electron chi connectivity index (χ1n) is 14.6. The van der Waals surface area contributed by atoms with E-state index in [4.69, 9.17) is 14.5 Å². The van der Waals surface area contributed by atoms with Crippen molar-refractivity contribution in [1.29, 1.82) is 5.26 Å². The van der Waals surface area contributed by atoms with Crippen molar-refractivity contribution < 1.29 is 29.0 Å². The van der Waals surface area contributed by atoms with Gasteiger partial charge in [0.2, 0.25) is 17.7 Å². The van der Waals surface area contributed by atoms with Gasteiger partial charge < -0.3 is 30.1 Å². The maximum Gasteiger partial charge on any atom is 0.326 e. The third-order valence-corrected chi connectivity index (χ3v) is 8.36. The lowest BCUT2D eigenvalue weighted by atomic mass is 9.91. The van der Waals surface area contributed by atoms with Crippen LogP contribution in [0.2, 0.25) is 0 Å². The number of carbonyl (C=O) groups is 3. The molecule has 0 radical (unpaired) electrons. The van der Waals surface area contributed by atoms with Gasteiger partial charge in [-0.2, -0.15) is 5.26 Å². The molecule has 0 spiro atoms. The molecule has 5 rings (SSSR count). The summed E-state index contributed by atoms with van der Waals surface area (Å²) < 4.78 is 10.9. The molecule has 2 saturated heterocycles. The molecule has 3 atom stereocenters. The Balaban J connectivity index is 1.41. The van der Waals surface area contributed by atoms with Crippen LogP contribution < -0.4 is 15.4 Å². The number of pyridine rings is 1. The van der Waals surface area contributed by atoms with Crippen LogP contribution >= 0.6 is 0 Å². The Hall–Kier alpha value is -4.83. The average molecular weight is 613 g/mol. The molecule has 0 bridgehead atoms. The van der Waals surface area contributed by atoms with Gasteiger partial charge in [0.1, 0.15) is 12.0 Å². The minimum atomic E-state index is -1.04. The van der Waals surface area contributed by atoms with E-state index < -0.39 is 29.9 Å². The van der Waals surface area contributed by atoms with Gasteiger partial charge in [-0.1, -0.05) is 36.4 Å². The molecular formula is C33H36N6O6. The van der Waals surface area contributed by atoms with Crippen LogP contribution in [0.15, 0.2) is 48.5 Å². The normalized spacial score (nSPS) is 20.1. The van der Waals surface area contributed by atoms with Crippen molar-refractivity contribution in [1.82, 2.24) is 20.1 Å². The Morgan fingerprint density at radius 1 is 1.13 bits per heavy atom. The Kier molecular flexibility index (Phi) is 9.43. The van der Waals surface area contributed by atoms with Gasteiger partial charge in [0, 0.05) is 62.2 Å². The van der Waals surface area contributed by atoms with E-state index in [2.05, 4.69) is 16.7 Å². The van der Waals surface area contributed by atoms with Crippen LogP contribution in [-0.2, 0) is 20.9 Å². The summed E-state index contributed by atoms with van der Waals surface area (Å²) in [7, 11) is 4.44. The average Bonchev–Trinajstić information content (AvgIpc) is 3.05. The number of anilines is 1. The van der Waals surface area contributed by atoms with Crippen molar-refractivity contribution in [2.24, 2.45) is 5.92 Å². The highest BCUT2D eigenvalue weighted by Gasteiger charge is 2.39. The minimum absolute atomic E-state index is 0.0178. The lowest BCUT2D eigenvalue weighted by molar-refractivity contribution is -0.140. The van der Waals surface area contributed by atoms with E-state index >= 15 is 0 Å². The summed E-state index contributed by atoms with van der Waals surface area (Å²) >= 11 is 0. The number of rotatable bonds is 8. The Morgan fingerprint density at radius 3 is 2.60 bits per heavy atom. The summed E-state index contributed by atoms with van der Waals surface area (Å²) in [6.07, 6.45) is 0.114. The predicted molar refractivity (Wildman–Crippen MR) is 166 cm³/mol. The van der Waals surface area contributed by atoms with Gasteiger partial charge in [0.25, 0.3) is 0 Å². The maximum atomic E-state index is 13.2. The third-order valence-electron chi connectivity index (χ3n) is 8.36. The Labute approximate surface area is 261 Å². The van der Waals surface area contributed by atoms with E-state index in [9.17, 15) is 24.8 Å². The molecule has 0 aliphatic carbocycles. The lowest BCUT2D eigenvalue weighted by Crippen LogP contribution is -2.56. The van der Waals surface area contributed by atoms with E-state index in [0.717, 1.165) is 16.0 Å². The second-order valence-electron chi connectivity index (χ2n) is 11.2. The van der Waals surface area contributed by atoms with Crippen molar-refractivity contribution in [2.45, 2.75) is 32.0 Å². The Morgan fingerprint density at radius 2 is 1.87 bits per heavy atom. The van der Waals surface area contributed by atoms with Crippen molar-refractivity contribution in [3.63, 3.8) is 0 Å². The molecule has 1 aromatic heterocycles. The fraction of sp³-hybridized carbons (Fsp3) is 0.364. The number of methoxy groups -OCH3 is 1. The molecule has 2 aliphatic rings. The largest absolute Gasteiger partial charge is 0.481 e. The molecule has 4 amide bonds. The van der Waals surface area contributed by atoms with Crippen molar-refractivity contribution in [3.05, 3.63) is 65.2 Å². The van der Waals surface area contributed by atoms with Crippen molar-refractivity contribution in [2.75, 3.05) is 46.3 Å². The Bertz CT molecular complexity index is 1670. The number of urea groups is 1. The van der Waals surface area contributed by atoms with Crippen LogP contribution in [0, 0.1) is 24.2 Å². The van der Waals surface area contributed by atoms with Gasteiger partial charge in [0.15, 0.2) is 0 Å². The highest BCUT2D eigenvalue weighted by molar-refractivity contribution is 6.12. The number of nitrogens with one attached hydrogen (secondary N) is 2. The number of aromatic nitrogens is 1. The second kappa shape index (κ2) is 13.4. The van der Waals surface area contributed by atoms with Crippen molar-refractivity contribution >= 4 is 23.5 Å². The molecule has 3 heterocycles. The molecule has 12 nitrogen and oxygen atoms in total. The zero-order valence-corrected chi connectivity index (χ0v) is 25.7. The van der Waals surface area contributed by atoms with Gasteiger partial charge in [0.05, 0.1) is 31.1 Å². The number of hydrogen-bond donors (Lipinski definition) is 3. The smallest absolute Gasteiger partial charge is 0.326 e. The lowest BCUT2D eigenvalue weighted by Gasteiger charge is -2.33. The number of amides is 4. The molecule has 234 valence electrons. The maximum absolute atomic E-state index is 13.2. The SMILES string of the molecule is COc1nc(-c2cccc(-c3cccc(NC(=O)C4CN(C)C(=O)N(C)C4=O)c3C)c2C#N)ccc1CN[C@@H]1CCOC[C@@H]1O. The van der Waals surface area contributed by atoms with Gasteiger partial charge in [-0.3, -0.25) is 14.5 Å². The molecule has 1 unspecified atom stereocenters. The highest BCUT2D eigenvalue weighted by atomic mass is 16.5. The molecule has 3 aromatic rings. The summed E-state index contributed by atoms with van der Waals surface area (Å²) in [6, 6.07) is 16.4. The first-order chi connectivity index (χ1) is 21.6. The second-order valence-corrected chi connectivity index (χ2v) is 11.2. The molecule has 3 N–H and O–H groups in total. The van der Waals surface area contributed by atoms with Gasteiger partial charge in [-0.15, -0.1) is 0 Å². The molecule has 2 aromatic carbocycles. The number of nitriles is 1. The summed E-state index contributed by atoms with van der Waals surface area (Å²) in [5, 5.41) is 26.8. The number of carbonyl (C=O) groups excluding carboxylic acids is 3. The van der Waals surface area contributed by atoms with Gasteiger partial charge in [-0.05, 0) is 36.6 Å². The van der Waals surface area contributed by atoms with E-state index in [-0.39, 0.29) is 12.6 Å². The zero-order valence-electron chi connectivity index (χ0n) is 25.7. The summed E-state index contributed by atoms with van der Waals surface area (Å²) in [4.78, 5) is 45.0. The van der Waals surface area contributed by atoms with Crippen LogP contribution in [0.25, 0.3) is 22.4 Å². The first-order valence-corrected chi connectivity index (χ1v) is 14.6. The fourth-order valence-corrected chi connectivity index (χ4v) is 5.74. The quantitative estimate of drug-likeness (QED) is 0.326. The number of imide groups is 1. The monoisotopic (exact) mass is 612 g/mol. The van der Waals surface area contributed by atoms with E-state index in [1.54, 1.807) is 26.3 Å².